The summed E-state index contributed by atoms with van der Waals surface area (Å²) in [5.41, 5.74) is 0.236. The van der Waals surface area contributed by atoms with E-state index in [4.69, 9.17) is 16.3 Å². The largest absolute Gasteiger partial charge is 0.384 e. The third kappa shape index (κ3) is 4.28. The maximum Gasteiger partial charge on any atom is 0.256 e. The summed E-state index contributed by atoms with van der Waals surface area (Å²) in [5.74, 6) is 0.614. The van der Waals surface area contributed by atoms with E-state index in [-0.39, 0.29) is 11.9 Å². The minimum Gasteiger partial charge on any atom is -0.384 e. The maximum absolute atomic E-state index is 13.1. The highest BCUT2D eigenvalue weighted by Crippen LogP contribution is 2.28. The summed E-state index contributed by atoms with van der Waals surface area (Å²) in [6.45, 7) is 5.66. The minimum atomic E-state index is -0.663. The molecule has 0 amide bonds. The molecule has 1 fully saturated rings. The number of anilines is 1. The monoisotopic (exact) mass is 396 g/mol. The molecule has 0 aromatic carbocycles. The van der Waals surface area contributed by atoms with E-state index in [2.05, 4.69) is 15.7 Å². The number of carbonyl (C=O) groups is 1. The molecule has 1 unspecified atom stereocenters. The first-order valence-electron chi connectivity index (χ1n) is 8.76. The van der Waals surface area contributed by atoms with E-state index in [1.807, 2.05) is 32.0 Å². The minimum absolute atomic E-state index is 0.0877. The summed E-state index contributed by atoms with van der Waals surface area (Å²) in [4.78, 5) is 14.2. The van der Waals surface area contributed by atoms with Gasteiger partial charge in [0.25, 0.3) is 5.91 Å². The van der Waals surface area contributed by atoms with Gasteiger partial charge in [0.05, 0.1) is 34.6 Å². The molecule has 142 valence electrons. The summed E-state index contributed by atoms with van der Waals surface area (Å²) in [5, 5.41) is 11.4. The number of methoxy groups -OCH3 is 1. The van der Waals surface area contributed by atoms with Crippen LogP contribution in [0, 0.1) is 5.41 Å². The SMILES string of the molecule is COCC(C)(C)C(=O)n1nc(C2CCCN2)cc1NCc1ccc(Cl)s1. The zero-order valence-corrected chi connectivity index (χ0v) is 16.9. The van der Waals surface area contributed by atoms with Gasteiger partial charge in [-0.25, -0.2) is 0 Å². The lowest BCUT2D eigenvalue weighted by atomic mass is 9.94. The molecule has 3 heterocycles. The number of thiophene rings is 1. The molecular formula is C18H25ClN4O2S. The van der Waals surface area contributed by atoms with E-state index in [0.29, 0.717) is 19.0 Å². The van der Waals surface area contributed by atoms with Crippen LogP contribution < -0.4 is 10.6 Å². The number of rotatable bonds is 7. The van der Waals surface area contributed by atoms with Crippen LogP contribution in [0.3, 0.4) is 0 Å². The number of hydrogen-bond acceptors (Lipinski definition) is 6. The van der Waals surface area contributed by atoms with E-state index >= 15 is 0 Å². The Morgan fingerprint density at radius 2 is 2.35 bits per heavy atom. The predicted octanol–water partition coefficient (Wildman–Crippen LogP) is 3.95. The number of aromatic nitrogens is 2. The van der Waals surface area contributed by atoms with Gasteiger partial charge in [0, 0.05) is 18.1 Å². The Morgan fingerprint density at radius 3 is 2.96 bits per heavy atom. The van der Waals surface area contributed by atoms with Gasteiger partial charge in [-0.05, 0) is 45.4 Å². The van der Waals surface area contributed by atoms with Crippen LogP contribution in [0.25, 0.3) is 0 Å². The molecule has 0 saturated carbocycles. The third-order valence-corrected chi connectivity index (χ3v) is 5.73. The smallest absolute Gasteiger partial charge is 0.256 e. The zero-order chi connectivity index (χ0) is 18.7. The summed E-state index contributed by atoms with van der Waals surface area (Å²) < 4.78 is 7.46. The van der Waals surface area contributed by atoms with Crippen LogP contribution in [-0.4, -0.2) is 35.9 Å². The van der Waals surface area contributed by atoms with Gasteiger partial charge in [-0.2, -0.15) is 9.78 Å². The lowest BCUT2D eigenvalue weighted by Crippen LogP contribution is -2.35. The van der Waals surface area contributed by atoms with Crippen molar-refractivity contribution in [2.24, 2.45) is 5.41 Å². The molecule has 1 aliphatic heterocycles. The van der Waals surface area contributed by atoms with Crippen molar-refractivity contribution in [1.29, 1.82) is 0 Å². The number of carbonyl (C=O) groups excluding carboxylic acids is 1. The van der Waals surface area contributed by atoms with Gasteiger partial charge in [-0.1, -0.05) is 11.6 Å². The quantitative estimate of drug-likeness (QED) is 0.741. The molecule has 3 rings (SSSR count). The fourth-order valence-electron chi connectivity index (χ4n) is 3.12. The number of nitrogens with one attached hydrogen (secondary N) is 2. The van der Waals surface area contributed by atoms with Gasteiger partial charge in [-0.15, -0.1) is 11.3 Å². The van der Waals surface area contributed by atoms with Crippen LogP contribution in [0.2, 0.25) is 4.34 Å². The Bertz CT molecular complexity index is 765. The Kier molecular flexibility index (Phi) is 6.02. The van der Waals surface area contributed by atoms with E-state index in [1.165, 1.54) is 16.0 Å². The predicted molar refractivity (Wildman–Crippen MR) is 105 cm³/mol. The van der Waals surface area contributed by atoms with Crippen molar-refractivity contribution in [3.05, 3.63) is 33.1 Å². The van der Waals surface area contributed by atoms with Crippen LogP contribution in [0.1, 0.15) is 48.1 Å². The molecule has 1 atom stereocenters. The molecule has 2 aromatic heterocycles. The summed E-state index contributed by atoms with van der Waals surface area (Å²) in [6, 6.07) is 6.03. The Labute approximate surface area is 162 Å². The van der Waals surface area contributed by atoms with E-state index in [0.717, 1.165) is 34.3 Å². The van der Waals surface area contributed by atoms with Gasteiger partial charge in [-0.3, -0.25) is 4.79 Å². The molecule has 6 nitrogen and oxygen atoms in total. The van der Waals surface area contributed by atoms with E-state index in [1.54, 1.807) is 7.11 Å². The summed E-state index contributed by atoms with van der Waals surface area (Å²) in [7, 11) is 1.60. The second-order valence-electron chi connectivity index (χ2n) is 7.20. The number of hydrogen-bond donors (Lipinski definition) is 2. The topological polar surface area (TPSA) is 68.2 Å². The zero-order valence-electron chi connectivity index (χ0n) is 15.3. The molecule has 8 heteroatoms. The molecule has 0 bridgehead atoms. The third-order valence-electron chi connectivity index (χ3n) is 4.49. The molecule has 2 aromatic rings. The van der Waals surface area contributed by atoms with E-state index < -0.39 is 5.41 Å². The highest BCUT2D eigenvalue weighted by atomic mass is 35.5. The lowest BCUT2D eigenvalue weighted by Gasteiger charge is -2.22. The van der Waals surface area contributed by atoms with Crippen molar-refractivity contribution in [2.45, 2.75) is 39.3 Å². The van der Waals surface area contributed by atoms with Gasteiger partial charge in [0.15, 0.2) is 0 Å². The fraction of sp³-hybridized carbons (Fsp3) is 0.556. The van der Waals surface area contributed by atoms with Crippen molar-refractivity contribution in [3.63, 3.8) is 0 Å². The molecule has 0 radical (unpaired) electrons. The first-order valence-corrected chi connectivity index (χ1v) is 9.95. The van der Waals surface area contributed by atoms with Gasteiger partial charge < -0.3 is 15.4 Å². The average Bonchev–Trinajstić information content (AvgIpc) is 3.32. The van der Waals surface area contributed by atoms with Gasteiger partial charge in [0.2, 0.25) is 0 Å². The lowest BCUT2D eigenvalue weighted by molar-refractivity contribution is 0.0528. The maximum atomic E-state index is 13.1. The standard InChI is InChI=1S/C18H25ClN4O2S/c1-18(2,11-25-3)17(24)23-16(21-10-12-6-7-15(19)26-12)9-14(22-23)13-5-4-8-20-13/h6-7,9,13,20-21H,4-5,8,10-11H2,1-3H3. The van der Waals surface area contributed by atoms with Crippen molar-refractivity contribution in [1.82, 2.24) is 15.1 Å². The fourth-order valence-corrected chi connectivity index (χ4v) is 4.15. The van der Waals surface area contributed by atoms with Gasteiger partial charge >= 0.3 is 0 Å². The van der Waals surface area contributed by atoms with Crippen LogP contribution in [-0.2, 0) is 11.3 Å². The average molecular weight is 397 g/mol. The summed E-state index contributed by atoms with van der Waals surface area (Å²) >= 11 is 7.53. The normalized spacial score (nSPS) is 17.6. The number of nitrogens with zero attached hydrogens (tertiary/aromatic N) is 2. The number of halogens is 1. The molecular weight excluding hydrogens is 372 g/mol. The Morgan fingerprint density at radius 1 is 1.54 bits per heavy atom. The second kappa shape index (κ2) is 8.08. The first-order chi connectivity index (χ1) is 12.4. The molecule has 0 spiro atoms. The molecule has 26 heavy (non-hydrogen) atoms. The molecule has 2 N–H and O–H groups in total. The molecule has 1 aliphatic rings. The summed E-state index contributed by atoms with van der Waals surface area (Å²) in [6.07, 6.45) is 2.16. The molecule has 1 saturated heterocycles. The highest BCUT2D eigenvalue weighted by Gasteiger charge is 2.32. The number of ether oxygens (including phenoxy) is 1. The van der Waals surface area contributed by atoms with Crippen LogP contribution in [0.4, 0.5) is 5.82 Å². The second-order valence-corrected chi connectivity index (χ2v) is 9.00. The Balaban J connectivity index is 1.85. The first kappa shape index (κ1) is 19.4. The highest BCUT2D eigenvalue weighted by molar-refractivity contribution is 7.16. The van der Waals surface area contributed by atoms with Crippen LogP contribution in [0.15, 0.2) is 18.2 Å². The Hall–Kier alpha value is -1.41. The van der Waals surface area contributed by atoms with Crippen molar-refractivity contribution in [3.8, 4) is 0 Å². The van der Waals surface area contributed by atoms with Gasteiger partial charge in [0.1, 0.15) is 5.82 Å². The van der Waals surface area contributed by atoms with Crippen molar-refractivity contribution in [2.75, 3.05) is 25.6 Å². The van der Waals surface area contributed by atoms with Crippen LogP contribution in [0.5, 0.6) is 0 Å². The van der Waals surface area contributed by atoms with E-state index in [9.17, 15) is 4.79 Å². The van der Waals surface area contributed by atoms with Crippen molar-refractivity contribution >= 4 is 34.7 Å². The molecule has 0 aliphatic carbocycles. The van der Waals surface area contributed by atoms with Crippen molar-refractivity contribution < 1.29 is 9.53 Å². The van der Waals surface area contributed by atoms with Crippen LogP contribution >= 0.6 is 22.9 Å².